The fraction of sp³-hybridized carbons (Fsp3) is 0.750. The molecular weight excluding hydrogens is 176 g/mol. The van der Waals surface area contributed by atoms with Gasteiger partial charge in [-0.2, -0.15) is 0 Å². The van der Waals surface area contributed by atoms with Gasteiger partial charge in [0.05, 0.1) is 0 Å². The molecule has 2 heteroatoms. The molecule has 0 aromatic rings. The first-order valence-corrected chi connectivity index (χ1v) is 5.41. The van der Waals surface area contributed by atoms with Gasteiger partial charge in [-0.15, -0.1) is 0 Å². The Hall–Kier alpha value is -0.790. The van der Waals surface area contributed by atoms with E-state index in [9.17, 15) is 4.79 Å². The lowest BCUT2D eigenvalue weighted by atomic mass is 9.87. The van der Waals surface area contributed by atoms with Gasteiger partial charge in [-0.1, -0.05) is 40.2 Å². The number of aliphatic carboxylic acids is 1. The average molecular weight is 198 g/mol. The summed E-state index contributed by atoms with van der Waals surface area (Å²) < 4.78 is 0. The largest absolute Gasteiger partial charge is 0.478 e. The van der Waals surface area contributed by atoms with Crippen LogP contribution in [0.25, 0.3) is 0 Å². The summed E-state index contributed by atoms with van der Waals surface area (Å²) in [6, 6.07) is 0. The summed E-state index contributed by atoms with van der Waals surface area (Å²) in [7, 11) is 0. The Morgan fingerprint density at radius 3 is 2.36 bits per heavy atom. The normalized spacial score (nSPS) is 12.9. The molecule has 0 aromatic heterocycles. The van der Waals surface area contributed by atoms with Crippen LogP contribution in [0.1, 0.15) is 46.5 Å². The first kappa shape index (κ1) is 13.2. The molecule has 0 aliphatic rings. The summed E-state index contributed by atoms with van der Waals surface area (Å²) >= 11 is 0. The predicted octanol–water partition coefficient (Wildman–Crippen LogP) is 3.48. The van der Waals surface area contributed by atoms with E-state index in [1.54, 1.807) is 0 Å². The van der Waals surface area contributed by atoms with Gasteiger partial charge in [0, 0.05) is 5.57 Å². The molecule has 1 N–H and O–H groups in total. The molecule has 1 unspecified atom stereocenters. The van der Waals surface area contributed by atoms with Crippen LogP contribution in [0.3, 0.4) is 0 Å². The summed E-state index contributed by atoms with van der Waals surface area (Å²) in [5.74, 6) is -0.146. The number of carboxylic acid groups (broad SMARTS) is 1. The first-order chi connectivity index (χ1) is 6.49. The fourth-order valence-electron chi connectivity index (χ4n) is 1.63. The smallest absolute Gasteiger partial charge is 0.331 e. The zero-order valence-electron chi connectivity index (χ0n) is 9.55. The van der Waals surface area contributed by atoms with Crippen molar-refractivity contribution in [2.75, 3.05) is 0 Å². The van der Waals surface area contributed by atoms with Gasteiger partial charge in [0.15, 0.2) is 0 Å². The number of unbranched alkanes of at least 4 members (excludes halogenated alkanes) is 1. The Morgan fingerprint density at radius 1 is 1.43 bits per heavy atom. The van der Waals surface area contributed by atoms with E-state index in [-0.39, 0.29) is 5.92 Å². The summed E-state index contributed by atoms with van der Waals surface area (Å²) in [4.78, 5) is 10.8. The highest BCUT2D eigenvalue weighted by Crippen LogP contribution is 2.24. The van der Waals surface area contributed by atoms with Crippen LogP contribution in [-0.2, 0) is 4.79 Å². The van der Waals surface area contributed by atoms with Crippen molar-refractivity contribution in [2.24, 2.45) is 11.8 Å². The maximum Gasteiger partial charge on any atom is 0.331 e. The molecule has 0 aromatic carbocycles. The van der Waals surface area contributed by atoms with Crippen LogP contribution in [-0.4, -0.2) is 11.1 Å². The molecule has 2 nitrogen and oxygen atoms in total. The molecular formula is C12H22O2. The number of carboxylic acids is 1. The number of rotatable bonds is 7. The molecule has 0 saturated heterocycles. The van der Waals surface area contributed by atoms with Gasteiger partial charge < -0.3 is 5.11 Å². The maximum atomic E-state index is 10.8. The summed E-state index contributed by atoms with van der Waals surface area (Å²) in [6.45, 7) is 10.0. The molecule has 14 heavy (non-hydrogen) atoms. The second kappa shape index (κ2) is 6.63. The Labute approximate surface area is 87.0 Å². The van der Waals surface area contributed by atoms with Crippen molar-refractivity contribution in [3.8, 4) is 0 Å². The number of carbonyl (C=O) groups is 1. The molecule has 0 bridgehead atoms. The van der Waals surface area contributed by atoms with Gasteiger partial charge in [0.2, 0.25) is 0 Å². The molecule has 0 rings (SSSR count). The van der Waals surface area contributed by atoms with Crippen LogP contribution in [0.5, 0.6) is 0 Å². The van der Waals surface area contributed by atoms with Gasteiger partial charge in [0.25, 0.3) is 0 Å². The molecule has 0 spiro atoms. The highest BCUT2D eigenvalue weighted by Gasteiger charge is 2.18. The number of hydrogen-bond acceptors (Lipinski definition) is 1. The average Bonchev–Trinajstić information content (AvgIpc) is 2.10. The quantitative estimate of drug-likeness (QED) is 0.636. The predicted molar refractivity (Wildman–Crippen MR) is 59.2 cm³/mol. The van der Waals surface area contributed by atoms with Gasteiger partial charge in [-0.3, -0.25) is 0 Å². The Bertz CT molecular complexity index is 194. The van der Waals surface area contributed by atoms with Crippen LogP contribution in [0.4, 0.5) is 0 Å². The standard InChI is InChI=1S/C12H22O2/c1-5-6-7-11(8-9(2)3)10(4)12(13)14/h9,11H,4-8H2,1-3H3,(H,13,14). The van der Waals surface area contributed by atoms with E-state index in [0.717, 1.165) is 25.7 Å². The van der Waals surface area contributed by atoms with Crippen LogP contribution in [0.2, 0.25) is 0 Å². The molecule has 0 saturated carbocycles. The molecule has 0 heterocycles. The van der Waals surface area contributed by atoms with Crippen LogP contribution < -0.4 is 0 Å². The molecule has 0 aliphatic heterocycles. The third-order valence-electron chi connectivity index (χ3n) is 2.43. The van der Waals surface area contributed by atoms with E-state index in [1.165, 1.54) is 0 Å². The lowest BCUT2D eigenvalue weighted by Gasteiger charge is -2.18. The van der Waals surface area contributed by atoms with E-state index in [4.69, 9.17) is 5.11 Å². The second-order valence-corrected chi connectivity index (χ2v) is 4.30. The first-order valence-electron chi connectivity index (χ1n) is 5.41. The van der Waals surface area contributed by atoms with Crippen molar-refractivity contribution in [1.82, 2.24) is 0 Å². The summed E-state index contributed by atoms with van der Waals surface area (Å²) in [6.07, 6.45) is 4.09. The molecule has 0 amide bonds. The SMILES string of the molecule is C=C(C(=O)O)C(CCCC)CC(C)C. The Kier molecular flexibility index (Phi) is 6.26. The minimum Gasteiger partial charge on any atom is -0.478 e. The van der Waals surface area contributed by atoms with Crippen molar-refractivity contribution in [1.29, 1.82) is 0 Å². The minimum atomic E-state index is -0.841. The van der Waals surface area contributed by atoms with Crippen molar-refractivity contribution >= 4 is 5.97 Å². The topological polar surface area (TPSA) is 37.3 Å². The maximum absolute atomic E-state index is 10.8. The number of hydrogen-bond donors (Lipinski definition) is 1. The molecule has 0 radical (unpaired) electrons. The molecule has 0 aliphatic carbocycles. The zero-order chi connectivity index (χ0) is 11.1. The van der Waals surface area contributed by atoms with Crippen molar-refractivity contribution in [3.05, 3.63) is 12.2 Å². The fourth-order valence-corrected chi connectivity index (χ4v) is 1.63. The van der Waals surface area contributed by atoms with E-state index in [1.807, 2.05) is 0 Å². The monoisotopic (exact) mass is 198 g/mol. The molecule has 0 fully saturated rings. The van der Waals surface area contributed by atoms with Crippen LogP contribution >= 0.6 is 0 Å². The highest BCUT2D eigenvalue weighted by atomic mass is 16.4. The highest BCUT2D eigenvalue weighted by molar-refractivity contribution is 5.86. The zero-order valence-corrected chi connectivity index (χ0v) is 9.55. The summed E-state index contributed by atoms with van der Waals surface area (Å²) in [5.41, 5.74) is 0.382. The lowest BCUT2D eigenvalue weighted by molar-refractivity contribution is -0.133. The van der Waals surface area contributed by atoms with Crippen molar-refractivity contribution in [3.63, 3.8) is 0 Å². The van der Waals surface area contributed by atoms with Gasteiger partial charge >= 0.3 is 5.97 Å². The van der Waals surface area contributed by atoms with Crippen LogP contribution in [0, 0.1) is 11.8 Å². The van der Waals surface area contributed by atoms with E-state index in [0.29, 0.717) is 11.5 Å². The lowest BCUT2D eigenvalue weighted by Crippen LogP contribution is -2.14. The third-order valence-corrected chi connectivity index (χ3v) is 2.43. The van der Waals surface area contributed by atoms with Gasteiger partial charge in [-0.05, 0) is 24.7 Å². The van der Waals surface area contributed by atoms with Crippen molar-refractivity contribution < 1.29 is 9.90 Å². The Balaban J connectivity index is 4.23. The van der Waals surface area contributed by atoms with E-state index < -0.39 is 5.97 Å². The minimum absolute atomic E-state index is 0.160. The molecule has 82 valence electrons. The summed E-state index contributed by atoms with van der Waals surface area (Å²) in [5, 5.41) is 8.87. The third kappa shape index (κ3) is 5.05. The molecule has 1 atom stereocenters. The van der Waals surface area contributed by atoms with Gasteiger partial charge in [0.1, 0.15) is 0 Å². The van der Waals surface area contributed by atoms with E-state index >= 15 is 0 Å². The van der Waals surface area contributed by atoms with Crippen molar-refractivity contribution in [2.45, 2.75) is 46.5 Å². The Morgan fingerprint density at radius 2 is 2.00 bits per heavy atom. The van der Waals surface area contributed by atoms with Gasteiger partial charge in [-0.25, -0.2) is 4.79 Å². The van der Waals surface area contributed by atoms with Crippen LogP contribution in [0.15, 0.2) is 12.2 Å². The second-order valence-electron chi connectivity index (χ2n) is 4.30. The van der Waals surface area contributed by atoms with E-state index in [2.05, 4.69) is 27.4 Å².